The molecule has 2 aromatic carbocycles. The summed E-state index contributed by atoms with van der Waals surface area (Å²) in [6, 6.07) is 19.4. The second-order valence-corrected chi connectivity index (χ2v) is 16.5. The van der Waals surface area contributed by atoms with Crippen molar-refractivity contribution in [3.8, 4) is 0 Å². The van der Waals surface area contributed by atoms with E-state index in [1.54, 1.807) is 12.1 Å². The van der Waals surface area contributed by atoms with E-state index in [0.717, 1.165) is 0 Å². The van der Waals surface area contributed by atoms with Crippen molar-refractivity contribution in [2.45, 2.75) is 0 Å². The molecular formula is C22H39CoOP3+2. The number of hydrogen-bond acceptors (Lipinski definition) is 1. The fraction of sp³-hybridized carbons (Fsp3) is 0.409. The number of ketones is 1. The van der Waals surface area contributed by atoms with Crippen LogP contribution >= 0.6 is 23.8 Å². The Bertz CT molecular complexity index is 494. The van der Waals surface area contributed by atoms with Crippen molar-refractivity contribution in [3.05, 3.63) is 71.8 Å². The molecule has 1 radical (unpaired) electrons. The van der Waals surface area contributed by atoms with Crippen LogP contribution in [0.1, 0.15) is 15.9 Å². The molecule has 0 saturated carbocycles. The molecule has 1 nitrogen and oxygen atoms in total. The molecule has 27 heavy (non-hydrogen) atoms. The fourth-order valence-corrected chi connectivity index (χ4v) is 1.28. The van der Waals surface area contributed by atoms with Gasteiger partial charge in [0.25, 0.3) is 0 Å². The van der Waals surface area contributed by atoms with E-state index in [9.17, 15) is 4.79 Å². The number of carbonyl (C=O) groups excluding carboxylic acids is 1. The molecule has 0 aliphatic heterocycles. The zero-order valence-electron chi connectivity index (χ0n) is 18.4. The minimum atomic E-state index is 0. The third-order valence-electron chi connectivity index (χ3n) is 1.99. The smallest absolute Gasteiger partial charge is 0.108 e. The van der Waals surface area contributed by atoms with Gasteiger partial charge >= 0.3 is 0 Å². The number of rotatable bonds is 2. The Labute approximate surface area is 182 Å². The van der Waals surface area contributed by atoms with Crippen LogP contribution in [0.2, 0.25) is 0 Å². The Balaban J connectivity index is -0.000000371. The van der Waals surface area contributed by atoms with Crippen molar-refractivity contribution in [1.29, 1.82) is 0 Å². The van der Waals surface area contributed by atoms with E-state index >= 15 is 0 Å². The summed E-state index contributed by atoms with van der Waals surface area (Å²) < 4.78 is 0. The van der Waals surface area contributed by atoms with Gasteiger partial charge in [-0.2, -0.15) is 0 Å². The minimum Gasteiger partial charge on any atom is -0.346 e. The summed E-state index contributed by atoms with van der Waals surface area (Å²) >= 11 is 0. The third-order valence-corrected chi connectivity index (χ3v) is 1.99. The summed E-state index contributed by atoms with van der Waals surface area (Å²) in [6.45, 7) is 20.4. The molecule has 0 unspecified atom stereocenters. The van der Waals surface area contributed by atoms with Crippen LogP contribution in [0.4, 0.5) is 0 Å². The van der Waals surface area contributed by atoms with E-state index in [0.29, 0.717) is 11.1 Å². The number of carbonyl (C=O) groups is 1. The summed E-state index contributed by atoms with van der Waals surface area (Å²) in [5.74, 6) is 0.0196. The van der Waals surface area contributed by atoms with Crippen LogP contribution in [-0.4, -0.2) is 65.8 Å². The van der Waals surface area contributed by atoms with Gasteiger partial charge in [0.1, 0.15) is 5.78 Å². The van der Waals surface area contributed by atoms with Crippen LogP contribution in [0.15, 0.2) is 54.6 Å². The SMILES string of the molecule is C[PH+](C)C.C[PH+](C)C.C[PH+](C)C.O=C(c1[c-]cccc1)c1ccccc1.[Co]. The molecule has 0 fully saturated rings. The summed E-state index contributed by atoms with van der Waals surface area (Å²) in [5.41, 5.74) is 1.31. The fourth-order valence-electron chi connectivity index (χ4n) is 1.28. The van der Waals surface area contributed by atoms with Crippen molar-refractivity contribution in [2.75, 3.05) is 60.0 Å². The van der Waals surface area contributed by atoms with Gasteiger partial charge in [-0.25, -0.2) is 0 Å². The zero-order valence-corrected chi connectivity index (χ0v) is 22.5. The molecule has 2 rings (SSSR count). The van der Waals surface area contributed by atoms with E-state index in [1.165, 1.54) is 0 Å². The van der Waals surface area contributed by atoms with Gasteiger partial charge in [0.15, 0.2) is 0 Å². The molecule has 2 aromatic rings. The van der Waals surface area contributed by atoms with Crippen LogP contribution < -0.4 is 0 Å². The van der Waals surface area contributed by atoms with Gasteiger partial charge in [0.05, 0.1) is 0 Å². The molecule has 0 aliphatic carbocycles. The molecule has 0 aliphatic rings. The predicted octanol–water partition coefficient (Wildman–Crippen LogP) is 5.99. The Morgan fingerprint density at radius 2 is 1.04 bits per heavy atom. The van der Waals surface area contributed by atoms with Crippen molar-refractivity contribution in [2.24, 2.45) is 0 Å². The van der Waals surface area contributed by atoms with Crippen molar-refractivity contribution in [3.63, 3.8) is 0 Å². The van der Waals surface area contributed by atoms with Crippen LogP contribution in [0.5, 0.6) is 0 Å². The van der Waals surface area contributed by atoms with Crippen molar-refractivity contribution in [1.82, 2.24) is 0 Å². The van der Waals surface area contributed by atoms with Crippen LogP contribution in [0.25, 0.3) is 0 Å². The van der Waals surface area contributed by atoms with E-state index < -0.39 is 0 Å². The van der Waals surface area contributed by atoms with Crippen LogP contribution in [-0.2, 0) is 16.8 Å². The summed E-state index contributed by atoms with van der Waals surface area (Å²) in [7, 11) is 0.361. The first-order valence-corrected chi connectivity index (χ1v) is 17.9. The van der Waals surface area contributed by atoms with Crippen LogP contribution in [0.3, 0.4) is 0 Å². The van der Waals surface area contributed by atoms with Gasteiger partial charge in [-0.3, -0.25) is 0 Å². The molecule has 0 N–H and O–H groups in total. The molecule has 5 heteroatoms. The maximum absolute atomic E-state index is 11.8. The summed E-state index contributed by atoms with van der Waals surface area (Å²) in [4.78, 5) is 11.8. The first kappa shape index (κ1) is 31.6. The third kappa shape index (κ3) is 25.9. The van der Waals surface area contributed by atoms with E-state index in [-0.39, 0.29) is 46.3 Å². The van der Waals surface area contributed by atoms with Gasteiger partial charge < -0.3 is 4.79 Å². The Morgan fingerprint density at radius 1 is 0.667 bits per heavy atom. The first-order valence-electron chi connectivity index (χ1n) is 8.94. The minimum absolute atomic E-state index is 0. The van der Waals surface area contributed by atoms with Gasteiger partial charge in [0, 0.05) is 76.8 Å². The summed E-state index contributed by atoms with van der Waals surface area (Å²) in [5, 5.41) is 0. The van der Waals surface area contributed by atoms with Crippen molar-refractivity contribution >= 4 is 29.5 Å². The Kier molecular flexibility index (Phi) is 24.1. The Morgan fingerprint density at radius 3 is 1.37 bits per heavy atom. The monoisotopic (exact) mass is 471 g/mol. The maximum atomic E-state index is 11.8. The predicted molar refractivity (Wildman–Crippen MR) is 133 cm³/mol. The largest absolute Gasteiger partial charge is 0.346 e. The van der Waals surface area contributed by atoms with E-state index in [1.807, 2.05) is 42.5 Å². The van der Waals surface area contributed by atoms with E-state index in [2.05, 4.69) is 66.0 Å². The van der Waals surface area contributed by atoms with Crippen molar-refractivity contribution < 1.29 is 21.6 Å². The molecule has 0 bridgehead atoms. The number of benzene rings is 2. The standard InChI is InChI=1S/C13H9O.3C3H9P.Co/c14-13(11-7-3-1-4-8-11)12-9-5-2-6-10-12;3*1-4(2)3;/h1-9H;3*1-3H3;/q-1;;;;/p+3. The summed E-state index contributed by atoms with van der Waals surface area (Å²) in [6.07, 6.45) is 0. The first-order chi connectivity index (χ1) is 12.1. The van der Waals surface area contributed by atoms with Gasteiger partial charge in [-0.05, 0) is 29.3 Å². The molecule has 0 heterocycles. The van der Waals surface area contributed by atoms with Gasteiger partial charge in [0.2, 0.25) is 0 Å². The van der Waals surface area contributed by atoms with Crippen LogP contribution in [0, 0.1) is 6.07 Å². The molecule has 0 amide bonds. The van der Waals surface area contributed by atoms with E-state index in [4.69, 9.17) is 0 Å². The second kappa shape index (κ2) is 20.6. The molecular weight excluding hydrogens is 432 g/mol. The molecule has 155 valence electrons. The Hall–Kier alpha value is -0.0935. The molecule has 0 aromatic heterocycles. The molecule has 0 saturated heterocycles. The zero-order chi connectivity index (χ0) is 20.5. The average Bonchev–Trinajstić information content (AvgIpc) is 2.54. The number of hydrogen-bond donors (Lipinski definition) is 0. The second-order valence-electron chi connectivity index (χ2n) is 7.47. The molecule has 0 spiro atoms. The maximum Gasteiger partial charge on any atom is 0.108 e. The average molecular weight is 471 g/mol. The quantitative estimate of drug-likeness (QED) is 0.299. The normalized spacial score (nSPS) is 9.04. The molecule has 0 atom stereocenters. The van der Waals surface area contributed by atoms with Gasteiger partial charge in [-0.15, -0.1) is 35.9 Å². The topological polar surface area (TPSA) is 17.1 Å². The van der Waals surface area contributed by atoms with Gasteiger partial charge in [-0.1, -0.05) is 30.3 Å².